The number of benzene rings is 1. The van der Waals surface area contributed by atoms with Crippen molar-refractivity contribution in [3.8, 4) is 0 Å². The Morgan fingerprint density at radius 1 is 1.14 bits per heavy atom. The minimum Gasteiger partial charge on any atom is -0.361 e. The van der Waals surface area contributed by atoms with Crippen molar-refractivity contribution < 1.29 is 4.39 Å². The number of aromatic nitrogens is 1. The molecule has 7 heteroatoms. The maximum atomic E-state index is 13.3. The SMILES string of the molecule is CCNC(=NCCN1CCN(CC)CC1)NCCc1c[nH]c2cc(F)ccc12. The van der Waals surface area contributed by atoms with E-state index in [0.29, 0.717) is 0 Å². The van der Waals surface area contributed by atoms with Crippen LogP contribution in [0.2, 0.25) is 0 Å². The minimum absolute atomic E-state index is 0.211. The Balaban J connectivity index is 1.45. The van der Waals surface area contributed by atoms with Gasteiger partial charge in [-0.15, -0.1) is 0 Å². The zero-order valence-corrected chi connectivity index (χ0v) is 17.1. The third-order valence-electron chi connectivity index (χ3n) is 5.36. The number of H-pyrrole nitrogens is 1. The Labute approximate surface area is 167 Å². The standard InChI is InChI=1S/C21H33FN6/c1-3-23-21(25-9-10-28-13-11-27(4-2)12-14-28)24-8-7-17-16-26-20-15-18(22)5-6-19(17)20/h5-6,15-16,26H,3-4,7-14H2,1-2H3,(H2,23,24,25). The molecule has 6 nitrogen and oxygen atoms in total. The van der Waals surface area contributed by atoms with Gasteiger partial charge < -0.3 is 20.5 Å². The summed E-state index contributed by atoms with van der Waals surface area (Å²) in [6, 6.07) is 4.89. The maximum absolute atomic E-state index is 13.3. The molecule has 0 unspecified atom stereocenters. The van der Waals surface area contributed by atoms with Crippen LogP contribution in [0.4, 0.5) is 4.39 Å². The second-order valence-electron chi connectivity index (χ2n) is 7.22. The van der Waals surface area contributed by atoms with E-state index < -0.39 is 0 Å². The number of halogens is 1. The van der Waals surface area contributed by atoms with E-state index in [1.807, 2.05) is 12.3 Å². The number of hydrogen-bond donors (Lipinski definition) is 3. The van der Waals surface area contributed by atoms with Crippen molar-refractivity contribution in [2.45, 2.75) is 20.3 Å². The van der Waals surface area contributed by atoms with E-state index >= 15 is 0 Å². The van der Waals surface area contributed by atoms with Crippen molar-refractivity contribution in [1.29, 1.82) is 0 Å². The van der Waals surface area contributed by atoms with Crippen LogP contribution < -0.4 is 10.6 Å². The molecule has 1 aliphatic heterocycles. The molecule has 0 atom stereocenters. The number of aromatic amines is 1. The molecule has 154 valence electrons. The largest absolute Gasteiger partial charge is 0.361 e. The fourth-order valence-electron chi connectivity index (χ4n) is 3.66. The third-order valence-corrected chi connectivity index (χ3v) is 5.36. The summed E-state index contributed by atoms with van der Waals surface area (Å²) in [6.07, 6.45) is 2.82. The zero-order chi connectivity index (χ0) is 19.8. The van der Waals surface area contributed by atoms with Gasteiger partial charge in [-0.3, -0.25) is 9.89 Å². The van der Waals surface area contributed by atoms with Crippen LogP contribution >= 0.6 is 0 Å². The number of piperazine rings is 1. The monoisotopic (exact) mass is 388 g/mol. The van der Waals surface area contributed by atoms with Gasteiger partial charge in [-0.05, 0) is 43.7 Å². The van der Waals surface area contributed by atoms with Crippen molar-refractivity contribution in [1.82, 2.24) is 25.4 Å². The van der Waals surface area contributed by atoms with Crippen molar-refractivity contribution in [3.63, 3.8) is 0 Å². The molecular weight excluding hydrogens is 355 g/mol. The van der Waals surface area contributed by atoms with Gasteiger partial charge in [-0.1, -0.05) is 6.92 Å². The molecular formula is C21H33FN6. The number of aliphatic imine (C=N–C) groups is 1. The Hall–Kier alpha value is -2.12. The first-order valence-corrected chi connectivity index (χ1v) is 10.4. The predicted octanol–water partition coefficient (Wildman–Crippen LogP) is 2.04. The lowest BCUT2D eigenvalue weighted by Crippen LogP contribution is -2.47. The van der Waals surface area contributed by atoms with E-state index in [-0.39, 0.29) is 5.82 Å². The number of fused-ring (bicyclic) bond motifs is 1. The second-order valence-corrected chi connectivity index (χ2v) is 7.22. The number of rotatable bonds is 8. The van der Waals surface area contributed by atoms with E-state index in [2.05, 4.69) is 39.3 Å². The van der Waals surface area contributed by atoms with Gasteiger partial charge in [0.15, 0.2) is 5.96 Å². The summed E-state index contributed by atoms with van der Waals surface area (Å²) < 4.78 is 13.3. The molecule has 0 radical (unpaired) electrons. The van der Waals surface area contributed by atoms with Crippen LogP contribution in [0.3, 0.4) is 0 Å². The molecule has 0 saturated carbocycles. The van der Waals surface area contributed by atoms with Crippen LogP contribution in [-0.2, 0) is 6.42 Å². The first kappa shape index (κ1) is 20.6. The lowest BCUT2D eigenvalue weighted by Gasteiger charge is -2.33. The van der Waals surface area contributed by atoms with Gasteiger partial charge in [0.25, 0.3) is 0 Å². The molecule has 1 aliphatic rings. The van der Waals surface area contributed by atoms with Gasteiger partial charge in [-0.25, -0.2) is 4.39 Å². The van der Waals surface area contributed by atoms with Crippen molar-refractivity contribution >= 4 is 16.9 Å². The van der Waals surface area contributed by atoms with Gasteiger partial charge in [0.1, 0.15) is 5.82 Å². The maximum Gasteiger partial charge on any atom is 0.191 e. The fourth-order valence-corrected chi connectivity index (χ4v) is 3.66. The molecule has 3 N–H and O–H groups in total. The summed E-state index contributed by atoms with van der Waals surface area (Å²) in [5.41, 5.74) is 2.03. The van der Waals surface area contributed by atoms with E-state index in [4.69, 9.17) is 4.99 Å². The van der Waals surface area contributed by atoms with Crippen LogP contribution in [0.1, 0.15) is 19.4 Å². The van der Waals surface area contributed by atoms with Gasteiger partial charge in [0.2, 0.25) is 0 Å². The van der Waals surface area contributed by atoms with Crippen LogP contribution in [0.25, 0.3) is 10.9 Å². The van der Waals surface area contributed by atoms with E-state index in [1.54, 1.807) is 0 Å². The number of likely N-dealkylation sites (N-methyl/N-ethyl adjacent to an activating group) is 1. The molecule has 1 aromatic carbocycles. The first-order chi connectivity index (χ1) is 13.7. The van der Waals surface area contributed by atoms with Crippen LogP contribution in [-0.4, -0.2) is 79.6 Å². The number of nitrogens with one attached hydrogen (secondary N) is 3. The fraction of sp³-hybridized carbons (Fsp3) is 0.571. The first-order valence-electron chi connectivity index (χ1n) is 10.4. The average Bonchev–Trinajstić information content (AvgIpc) is 3.10. The molecule has 1 fully saturated rings. The average molecular weight is 389 g/mol. The second kappa shape index (κ2) is 10.4. The number of nitrogens with zero attached hydrogens (tertiary/aromatic N) is 3. The Bertz CT molecular complexity index is 763. The summed E-state index contributed by atoms with van der Waals surface area (Å²) in [7, 11) is 0. The molecule has 1 aromatic heterocycles. The molecule has 0 amide bonds. The quantitative estimate of drug-likeness (QED) is 0.479. The zero-order valence-electron chi connectivity index (χ0n) is 17.1. The lowest BCUT2D eigenvalue weighted by molar-refractivity contribution is 0.140. The molecule has 0 spiro atoms. The van der Waals surface area contributed by atoms with E-state index in [1.165, 1.54) is 17.7 Å². The number of hydrogen-bond acceptors (Lipinski definition) is 3. The predicted molar refractivity (Wildman–Crippen MR) is 114 cm³/mol. The normalized spacial score (nSPS) is 16.6. The summed E-state index contributed by atoms with van der Waals surface area (Å²) in [5, 5.41) is 7.81. The third kappa shape index (κ3) is 5.69. The van der Waals surface area contributed by atoms with E-state index in [9.17, 15) is 4.39 Å². The van der Waals surface area contributed by atoms with E-state index in [0.717, 1.165) is 82.2 Å². The van der Waals surface area contributed by atoms with Gasteiger partial charge in [-0.2, -0.15) is 0 Å². The molecule has 0 aliphatic carbocycles. The molecule has 2 aromatic rings. The Kier molecular flexibility index (Phi) is 7.68. The molecule has 0 bridgehead atoms. The highest BCUT2D eigenvalue weighted by Crippen LogP contribution is 2.19. The van der Waals surface area contributed by atoms with Crippen molar-refractivity contribution in [3.05, 3.63) is 35.8 Å². The van der Waals surface area contributed by atoms with Crippen LogP contribution in [0.5, 0.6) is 0 Å². The highest BCUT2D eigenvalue weighted by atomic mass is 19.1. The Morgan fingerprint density at radius 3 is 2.68 bits per heavy atom. The van der Waals surface area contributed by atoms with Gasteiger partial charge in [0.05, 0.1) is 6.54 Å². The topological polar surface area (TPSA) is 58.7 Å². The smallest absolute Gasteiger partial charge is 0.191 e. The molecule has 28 heavy (non-hydrogen) atoms. The summed E-state index contributed by atoms with van der Waals surface area (Å²) >= 11 is 0. The van der Waals surface area contributed by atoms with Crippen LogP contribution in [0, 0.1) is 5.82 Å². The van der Waals surface area contributed by atoms with Crippen LogP contribution in [0.15, 0.2) is 29.4 Å². The van der Waals surface area contributed by atoms with Gasteiger partial charge >= 0.3 is 0 Å². The van der Waals surface area contributed by atoms with Crippen molar-refractivity contribution in [2.24, 2.45) is 4.99 Å². The lowest BCUT2D eigenvalue weighted by atomic mass is 10.1. The highest BCUT2D eigenvalue weighted by Gasteiger charge is 2.14. The number of guanidine groups is 1. The summed E-state index contributed by atoms with van der Waals surface area (Å²) in [4.78, 5) is 12.8. The summed E-state index contributed by atoms with van der Waals surface area (Å²) in [6.45, 7) is 13.5. The van der Waals surface area contributed by atoms with Gasteiger partial charge in [0, 0.05) is 62.9 Å². The highest BCUT2D eigenvalue weighted by molar-refractivity contribution is 5.83. The molecule has 1 saturated heterocycles. The summed E-state index contributed by atoms with van der Waals surface area (Å²) in [5.74, 6) is 0.650. The van der Waals surface area contributed by atoms with Crippen molar-refractivity contribution in [2.75, 3.05) is 58.9 Å². The minimum atomic E-state index is -0.211. The molecule has 3 rings (SSSR count). The molecule has 2 heterocycles. The Morgan fingerprint density at radius 2 is 1.93 bits per heavy atom.